The summed E-state index contributed by atoms with van der Waals surface area (Å²) in [5.41, 5.74) is -0.269. The molecular weight excluding hydrogens is 222 g/mol. The minimum Gasteiger partial charge on any atom is -0.302 e. The van der Waals surface area contributed by atoms with Crippen molar-refractivity contribution in [3.63, 3.8) is 0 Å². The van der Waals surface area contributed by atoms with Crippen molar-refractivity contribution >= 4 is 0 Å². The van der Waals surface area contributed by atoms with Gasteiger partial charge in [-0.3, -0.25) is 4.90 Å². The molecule has 0 aliphatic heterocycles. The minimum atomic E-state index is -0.269. The van der Waals surface area contributed by atoms with Crippen LogP contribution in [0.2, 0.25) is 0 Å². The molecule has 0 heterocycles. The Balaban J connectivity index is 2.04. The molecular formula is C15H27N3. The van der Waals surface area contributed by atoms with Gasteiger partial charge in [0.1, 0.15) is 5.54 Å². The smallest absolute Gasteiger partial charge is 0.108 e. The van der Waals surface area contributed by atoms with Crippen LogP contribution >= 0.6 is 0 Å². The number of nitrogens with one attached hydrogen (secondary N) is 1. The molecule has 1 N–H and O–H groups in total. The molecule has 2 rings (SSSR count). The van der Waals surface area contributed by atoms with Gasteiger partial charge in [0.15, 0.2) is 0 Å². The molecule has 3 nitrogen and oxygen atoms in total. The first-order valence-corrected chi connectivity index (χ1v) is 7.60. The molecule has 18 heavy (non-hydrogen) atoms. The standard InChI is InChI=1S/C15H27N3/c1-3-18(13-7-4-5-8-13)14-9-6-10-15(11-14,12-16)17-2/h13-14,17H,3-11H2,1-2H3. The molecule has 0 amide bonds. The van der Waals surface area contributed by atoms with Gasteiger partial charge in [0.2, 0.25) is 0 Å². The van der Waals surface area contributed by atoms with E-state index >= 15 is 0 Å². The number of nitriles is 1. The molecule has 2 aliphatic carbocycles. The maximum Gasteiger partial charge on any atom is 0.108 e. The molecule has 0 aromatic rings. The van der Waals surface area contributed by atoms with E-state index < -0.39 is 0 Å². The Morgan fingerprint density at radius 1 is 1.22 bits per heavy atom. The second kappa shape index (κ2) is 6.04. The van der Waals surface area contributed by atoms with Crippen LogP contribution in [0.25, 0.3) is 0 Å². The van der Waals surface area contributed by atoms with Gasteiger partial charge in [0, 0.05) is 12.1 Å². The third kappa shape index (κ3) is 2.70. The highest BCUT2D eigenvalue weighted by Gasteiger charge is 2.39. The topological polar surface area (TPSA) is 39.1 Å². The highest BCUT2D eigenvalue weighted by molar-refractivity contribution is 5.10. The second-order valence-electron chi connectivity index (χ2n) is 5.96. The maximum absolute atomic E-state index is 9.45. The Kier molecular flexibility index (Phi) is 4.64. The molecule has 2 aliphatic rings. The minimum absolute atomic E-state index is 0.269. The van der Waals surface area contributed by atoms with Crippen molar-refractivity contribution in [3.05, 3.63) is 0 Å². The summed E-state index contributed by atoms with van der Waals surface area (Å²) in [5, 5.41) is 12.7. The lowest BCUT2D eigenvalue weighted by Gasteiger charge is -2.43. The molecule has 0 aromatic carbocycles. The quantitative estimate of drug-likeness (QED) is 0.832. The monoisotopic (exact) mass is 249 g/mol. The number of hydrogen-bond donors (Lipinski definition) is 1. The van der Waals surface area contributed by atoms with Gasteiger partial charge in [-0.25, -0.2) is 0 Å². The summed E-state index contributed by atoms with van der Waals surface area (Å²) in [4.78, 5) is 2.69. The molecule has 0 spiro atoms. The van der Waals surface area contributed by atoms with Gasteiger partial charge in [-0.1, -0.05) is 19.8 Å². The van der Waals surface area contributed by atoms with E-state index in [1.54, 1.807) is 0 Å². The van der Waals surface area contributed by atoms with Crippen LogP contribution in [0.4, 0.5) is 0 Å². The first kappa shape index (κ1) is 13.8. The Morgan fingerprint density at radius 3 is 2.44 bits per heavy atom. The Labute approximate surface area is 112 Å². The highest BCUT2D eigenvalue weighted by Crippen LogP contribution is 2.34. The zero-order valence-electron chi connectivity index (χ0n) is 11.9. The Hall–Kier alpha value is -0.590. The fraction of sp³-hybridized carbons (Fsp3) is 0.933. The summed E-state index contributed by atoms with van der Waals surface area (Å²) >= 11 is 0. The summed E-state index contributed by atoms with van der Waals surface area (Å²) in [6, 6.07) is 3.92. The van der Waals surface area contributed by atoms with Gasteiger partial charge in [0.25, 0.3) is 0 Å². The van der Waals surface area contributed by atoms with Crippen LogP contribution in [0.5, 0.6) is 0 Å². The van der Waals surface area contributed by atoms with E-state index in [1.807, 2.05) is 7.05 Å². The van der Waals surface area contributed by atoms with Crippen LogP contribution in [0.15, 0.2) is 0 Å². The van der Waals surface area contributed by atoms with Crippen molar-refractivity contribution in [2.45, 2.75) is 75.9 Å². The van der Waals surface area contributed by atoms with E-state index in [0.717, 1.165) is 25.4 Å². The largest absolute Gasteiger partial charge is 0.302 e. The molecule has 102 valence electrons. The van der Waals surface area contributed by atoms with Crippen molar-refractivity contribution in [1.29, 1.82) is 5.26 Å². The first-order chi connectivity index (χ1) is 8.74. The van der Waals surface area contributed by atoms with Crippen LogP contribution in [0.1, 0.15) is 58.3 Å². The normalized spacial score (nSPS) is 33.8. The zero-order valence-corrected chi connectivity index (χ0v) is 11.9. The van der Waals surface area contributed by atoms with E-state index in [2.05, 4.69) is 23.2 Å². The number of nitrogens with zero attached hydrogens (tertiary/aromatic N) is 2. The molecule has 3 heteroatoms. The third-order valence-electron chi connectivity index (χ3n) is 5.05. The molecule has 0 radical (unpaired) electrons. The lowest BCUT2D eigenvalue weighted by atomic mass is 9.79. The molecule has 2 atom stereocenters. The number of rotatable bonds is 4. The lowest BCUT2D eigenvalue weighted by Crippen LogP contribution is -2.53. The molecule has 2 unspecified atom stereocenters. The zero-order chi connectivity index (χ0) is 13.0. The van der Waals surface area contributed by atoms with Crippen LogP contribution in [-0.2, 0) is 0 Å². The Bertz CT molecular complexity index is 303. The van der Waals surface area contributed by atoms with E-state index in [9.17, 15) is 5.26 Å². The Morgan fingerprint density at radius 2 is 1.89 bits per heavy atom. The maximum atomic E-state index is 9.45. The first-order valence-electron chi connectivity index (χ1n) is 7.60. The molecule has 0 aromatic heterocycles. The summed E-state index contributed by atoms with van der Waals surface area (Å²) in [6.45, 7) is 3.42. The van der Waals surface area contributed by atoms with Crippen molar-refractivity contribution in [1.82, 2.24) is 10.2 Å². The average molecular weight is 249 g/mol. The molecule has 2 fully saturated rings. The van der Waals surface area contributed by atoms with Crippen LogP contribution in [0, 0.1) is 11.3 Å². The summed E-state index contributed by atoms with van der Waals surface area (Å²) in [5.74, 6) is 0. The summed E-state index contributed by atoms with van der Waals surface area (Å²) in [6.07, 6.45) is 9.99. The predicted octanol–water partition coefficient (Wildman–Crippen LogP) is 2.68. The summed E-state index contributed by atoms with van der Waals surface area (Å²) in [7, 11) is 1.94. The van der Waals surface area contributed by atoms with E-state index in [1.165, 1.54) is 38.5 Å². The molecule has 0 bridgehead atoms. The highest BCUT2D eigenvalue weighted by atomic mass is 15.2. The van der Waals surface area contributed by atoms with Gasteiger partial charge in [-0.05, 0) is 52.1 Å². The van der Waals surface area contributed by atoms with Crippen molar-refractivity contribution < 1.29 is 0 Å². The average Bonchev–Trinajstić information content (AvgIpc) is 2.94. The second-order valence-corrected chi connectivity index (χ2v) is 5.96. The van der Waals surface area contributed by atoms with Gasteiger partial charge < -0.3 is 5.32 Å². The van der Waals surface area contributed by atoms with Crippen molar-refractivity contribution in [2.24, 2.45) is 0 Å². The van der Waals surface area contributed by atoms with Gasteiger partial charge >= 0.3 is 0 Å². The molecule has 0 saturated heterocycles. The van der Waals surface area contributed by atoms with Crippen LogP contribution in [0.3, 0.4) is 0 Å². The number of hydrogen-bond acceptors (Lipinski definition) is 3. The van der Waals surface area contributed by atoms with E-state index in [0.29, 0.717) is 6.04 Å². The fourth-order valence-corrected chi connectivity index (χ4v) is 3.96. The van der Waals surface area contributed by atoms with Gasteiger partial charge in [0.05, 0.1) is 6.07 Å². The predicted molar refractivity (Wildman–Crippen MR) is 74.3 cm³/mol. The van der Waals surface area contributed by atoms with Crippen LogP contribution < -0.4 is 5.32 Å². The van der Waals surface area contributed by atoms with E-state index in [4.69, 9.17) is 0 Å². The summed E-state index contributed by atoms with van der Waals surface area (Å²) < 4.78 is 0. The van der Waals surface area contributed by atoms with Gasteiger partial charge in [-0.2, -0.15) is 5.26 Å². The van der Waals surface area contributed by atoms with Crippen LogP contribution in [-0.4, -0.2) is 36.1 Å². The third-order valence-corrected chi connectivity index (χ3v) is 5.05. The van der Waals surface area contributed by atoms with E-state index in [-0.39, 0.29) is 5.54 Å². The SMILES string of the molecule is CCN(C1CCCC1)C1CCCC(C#N)(NC)C1. The fourth-order valence-electron chi connectivity index (χ4n) is 3.96. The van der Waals surface area contributed by atoms with Crippen molar-refractivity contribution in [3.8, 4) is 6.07 Å². The van der Waals surface area contributed by atoms with Crippen molar-refractivity contribution in [2.75, 3.05) is 13.6 Å². The molecule has 2 saturated carbocycles. The lowest BCUT2D eigenvalue weighted by molar-refractivity contribution is 0.0881. The van der Waals surface area contributed by atoms with Gasteiger partial charge in [-0.15, -0.1) is 0 Å².